The number of fused-ring (bicyclic) bond motifs is 2. The predicted octanol–water partition coefficient (Wildman–Crippen LogP) is 7.61. The van der Waals surface area contributed by atoms with E-state index in [1.807, 2.05) is 36.4 Å². The molecule has 9 heteroatoms. The first-order valence-electron chi connectivity index (χ1n) is 14.6. The maximum Gasteiger partial charge on any atom is 0.289 e. The third-order valence-electron chi connectivity index (χ3n) is 8.83. The molecular weight excluding hydrogens is 572 g/mol. The van der Waals surface area contributed by atoms with Gasteiger partial charge in [0.15, 0.2) is 4.90 Å². The van der Waals surface area contributed by atoms with Crippen LogP contribution in [0, 0.1) is 10.1 Å². The molecule has 0 spiro atoms. The van der Waals surface area contributed by atoms with E-state index < -0.39 is 20.6 Å². The Morgan fingerprint density at radius 1 is 0.591 bits per heavy atom. The highest BCUT2D eigenvalue weighted by Gasteiger charge is 2.32. The molecule has 0 saturated carbocycles. The first kappa shape index (κ1) is 26.6. The van der Waals surface area contributed by atoms with Gasteiger partial charge in [-0.1, -0.05) is 60.7 Å². The number of hydrogen-bond acceptors (Lipinski definition) is 4. The molecule has 0 N–H and O–H groups in total. The normalized spacial score (nSPS) is 14.6. The third kappa shape index (κ3) is 4.11. The lowest BCUT2D eigenvalue weighted by Crippen LogP contribution is -2.30. The van der Waals surface area contributed by atoms with Crippen molar-refractivity contribution in [1.82, 2.24) is 13.4 Å². The van der Waals surface area contributed by atoms with E-state index in [2.05, 4.69) is 57.7 Å². The van der Waals surface area contributed by atoms with E-state index in [9.17, 15) is 18.5 Å². The van der Waals surface area contributed by atoms with Gasteiger partial charge in [-0.2, -0.15) is 4.31 Å². The van der Waals surface area contributed by atoms with Crippen LogP contribution in [0.2, 0.25) is 0 Å². The molecule has 8 nitrogen and oxygen atoms in total. The van der Waals surface area contributed by atoms with E-state index >= 15 is 0 Å². The Morgan fingerprint density at radius 3 is 1.61 bits per heavy atom. The summed E-state index contributed by atoms with van der Waals surface area (Å²) in [5.74, 6) is 0. The molecule has 0 saturated heterocycles. The summed E-state index contributed by atoms with van der Waals surface area (Å²) >= 11 is 0. The fraction of sp³-hybridized carbons (Fsp3) is 0.143. The second-order valence-electron chi connectivity index (χ2n) is 11.4. The van der Waals surface area contributed by atoms with E-state index in [1.165, 1.54) is 28.6 Å². The molecule has 2 aromatic heterocycles. The summed E-state index contributed by atoms with van der Waals surface area (Å²) in [4.78, 5) is 11.0. The number of sulfonamides is 1. The first-order chi connectivity index (χ1) is 21.4. The van der Waals surface area contributed by atoms with Crippen LogP contribution in [0.25, 0.3) is 43.6 Å². The van der Waals surface area contributed by atoms with Crippen LogP contribution in [0.4, 0.5) is 5.69 Å². The molecule has 0 amide bonds. The Hall–Kier alpha value is -4.99. The van der Waals surface area contributed by atoms with Crippen molar-refractivity contribution < 1.29 is 13.3 Å². The minimum Gasteiger partial charge on any atom is -0.340 e. The molecule has 6 heterocycles. The number of rotatable bonds is 3. The fourth-order valence-electron chi connectivity index (χ4n) is 6.87. The number of nitro benzene ring substituents is 1. The van der Waals surface area contributed by atoms with Crippen LogP contribution in [0.15, 0.2) is 114 Å². The Morgan fingerprint density at radius 2 is 1.07 bits per heavy atom. The molecule has 11 rings (SSSR count). The molecule has 5 aromatic carbocycles. The molecule has 0 atom stereocenters. The standard InChI is InChI=1S/C35H28N4O4S/c40-39(41)34-12-5-6-13-35(34)44(42,43)36-22-24-14-16-32-28(20-24)26-8-1-3-10-30(26)37(32)18-7-19-38-31-11-4-2-9-27(31)29-21-25(23-36)15-17-33(29)38/h1-6,8-17,20-21H,7,18-19,22-23H2. The third-order valence-corrected chi connectivity index (χ3v) is 10.7. The average molecular weight is 601 g/mol. The highest BCUT2D eigenvalue weighted by atomic mass is 32.2. The van der Waals surface area contributed by atoms with Crippen molar-refractivity contribution in [3.8, 4) is 0 Å². The van der Waals surface area contributed by atoms with Crippen LogP contribution in [-0.2, 0) is 36.2 Å². The Kier molecular flexibility index (Phi) is 6.08. The SMILES string of the molecule is O=[N+]([O-])c1ccccc1S(=O)(=O)N1Cc2ccc3c(c2)c2ccccc2n3CCCn2c3ccccc3c3cc(ccc32)C1. The van der Waals surface area contributed by atoms with Gasteiger partial charge in [-0.3, -0.25) is 10.1 Å². The lowest BCUT2D eigenvalue weighted by molar-refractivity contribution is -0.387. The first-order valence-corrected chi connectivity index (χ1v) is 16.1. The van der Waals surface area contributed by atoms with Crippen LogP contribution >= 0.6 is 0 Å². The monoisotopic (exact) mass is 600 g/mol. The van der Waals surface area contributed by atoms with Crippen molar-refractivity contribution in [2.75, 3.05) is 0 Å². The minimum absolute atomic E-state index is 0.0592. The van der Waals surface area contributed by atoms with Gasteiger partial charge in [-0.05, 0) is 60.0 Å². The summed E-state index contributed by atoms with van der Waals surface area (Å²) in [6.45, 7) is 1.77. The quantitative estimate of drug-likeness (QED) is 0.154. The number of benzene rings is 5. The van der Waals surface area contributed by atoms with E-state index in [-0.39, 0.29) is 18.0 Å². The second kappa shape index (κ2) is 10.0. The van der Waals surface area contributed by atoms with Gasteiger partial charge in [0.2, 0.25) is 0 Å². The molecule has 8 bridgehead atoms. The van der Waals surface area contributed by atoms with Gasteiger partial charge in [0.25, 0.3) is 15.7 Å². The van der Waals surface area contributed by atoms with Crippen molar-refractivity contribution in [2.45, 2.75) is 37.5 Å². The second-order valence-corrected chi connectivity index (χ2v) is 13.3. The smallest absolute Gasteiger partial charge is 0.289 e. The van der Waals surface area contributed by atoms with Crippen molar-refractivity contribution in [3.05, 3.63) is 130 Å². The van der Waals surface area contributed by atoms with Crippen LogP contribution in [0.3, 0.4) is 0 Å². The maximum atomic E-state index is 14.3. The van der Waals surface area contributed by atoms with E-state index in [0.29, 0.717) is 0 Å². The summed E-state index contributed by atoms with van der Waals surface area (Å²) in [5.41, 5.74) is 5.66. The minimum atomic E-state index is -4.27. The van der Waals surface area contributed by atoms with Gasteiger partial charge in [0, 0.05) is 75.9 Å². The Bertz CT molecular complexity index is 2270. The van der Waals surface area contributed by atoms with Crippen molar-refractivity contribution in [1.29, 1.82) is 0 Å². The zero-order valence-corrected chi connectivity index (χ0v) is 24.6. The summed E-state index contributed by atoms with van der Waals surface area (Å²) in [7, 11) is -4.27. The van der Waals surface area contributed by atoms with Gasteiger partial charge >= 0.3 is 0 Å². The molecule has 0 unspecified atom stereocenters. The van der Waals surface area contributed by atoms with Gasteiger partial charge in [0.1, 0.15) is 0 Å². The van der Waals surface area contributed by atoms with Gasteiger partial charge in [0.05, 0.1) is 4.92 Å². The van der Waals surface area contributed by atoms with Crippen LogP contribution in [0.1, 0.15) is 17.5 Å². The highest BCUT2D eigenvalue weighted by molar-refractivity contribution is 7.89. The number of hydrogen-bond donors (Lipinski definition) is 0. The average Bonchev–Trinajstić information content (AvgIpc) is 3.52. The summed E-state index contributed by atoms with van der Waals surface area (Å²) in [6, 6.07) is 34.4. The lowest BCUT2D eigenvalue weighted by Gasteiger charge is -2.23. The maximum absolute atomic E-state index is 14.3. The van der Waals surface area contributed by atoms with Gasteiger partial charge in [-0.15, -0.1) is 0 Å². The number of nitro groups is 1. The van der Waals surface area contributed by atoms with E-state index in [0.717, 1.165) is 74.2 Å². The molecule has 0 fully saturated rings. The molecule has 7 aromatic rings. The Labute approximate surface area is 253 Å². The zero-order valence-electron chi connectivity index (χ0n) is 23.8. The van der Waals surface area contributed by atoms with Gasteiger partial charge in [-0.25, -0.2) is 8.42 Å². The summed E-state index contributed by atoms with van der Waals surface area (Å²) in [5, 5.41) is 16.3. The zero-order chi connectivity index (χ0) is 30.0. The largest absolute Gasteiger partial charge is 0.340 e. The number of aromatic nitrogens is 2. The Balaban J connectivity index is 1.37. The summed E-state index contributed by atoms with van der Waals surface area (Å²) < 4.78 is 34.7. The van der Waals surface area contributed by atoms with Crippen molar-refractivity contribution in [2.24, 2.45) is 0 Å². The molecular formula is C35H28N4O4S. The van der Waals surface area contributed by atoms with Crippen LogP contribution in [0.5, 0.6) is 0 Å². The molecule has 218 valence electrons. The molecule has 0 aliphatic carbocycles. The van der Waals surface area contributed by atoms with Crippen molar-refractivity contribution in [3.63, 3.8) is 0 Å². The predicted molar refractivity (Wildman–Crippen MR) is 173 cm³/mol. The number of aryl methyl sites for hydroxylation is 2. The molecule has 44 heavy (non-hydrogen) atoms. The molecule has 0 radical (unpaired) electrons. The number of nitrogens with zero attached hydrogens (tertiary/aromatic N) is 4. The van der Waals surface area contributed by atoms with Crippen LogP contribution in [-0.4, -0.2) is 26.8 Å². The summed E-state index contributed by atoms with van der Waals surface area (Å²) in [6.07, 6.45) is 0.937. The molecule has 4 aliphatic rings. The topological polar surface area (TPSA) is 90.4 Å². The molecule has 4 aliphatic heterocycles. The van der Waals surface area contributed by atoms with Crippen LogP contribution < -0.4 is 0 Å². The van der Waals surface area contributed by atoms with E-state index in [1.54, 1.807) is 0 Å². The lowest BCUT2D eigenvalue weighted by atomic mass is 10.1. The fourth-order valence-corrected chi connectivity index (χ4v) is 8.44. The van der Waals surface area contributed by atoms with E-state index in [4.69, 9.17) is 0 Å². The number of para-hydroxylation sites is 3. The highest BCUT2D eigenvalue weighted by Crippen LogP contribution is 2.35. The van der Waals surface area contributed by atoms with Gasteiger partial charge < -0.3 is 9.13 Å². The van der Waals surface area contributed by atoms with Crippen molar-refractivity contribution >= 4 is 59.3 Å².